The summed E-state index contributed by atoms with van der Waals surface area (Å²) in [5.74, 6) is -1.72. The van der Waals surface area contributed by atoms with E-state index in [4.69, 9.17) is 17.0 Å². The quantitative estimate of drug-likeness (QED) is 0.131. The van der Waals surface area contributed by atoms with Crippen molar-refractivity contribution in [2.75, 3.05) is 0 Å². The van der Waals surface area contributed by atoms with Crippen LogP contribution in [0.5, 0.6) is 0 Å². The van der Waals surface area contributed by atoms with Crippen LogP contribution in [0.2, 0.25) is 52.4 Å². The Hall–Kier alpha value is -1.53. The Morgan fingerprint density at radius 1 is 0.552 bits per heavy atom. The van der Waals surface area contributed by atoms with E-state index in [0.717, 1.165) is 12.8 Å². The molecule has 2 unspecified atom stereocenters. The molecule has 6 heteroatoms. The van der Waals surface area contributed by atoms with Gasteiger partial charge in [0.25, 0.3) is 0 Å². The number of halogens is 2. The first-order chi connectivity index (χ1) is 27.2. The molecule has 307 valence electrons. The Balaban J connectivity index is 1.33. The van der Waals surface area contributed by atoms with Crippen molar-refractivity contribution >= 4 is 61.6 Å². The first-order valence-electron chi connectivity index (χ1n) is 22.7. The fourth-order valence-electron chi connectivity index (χ4n) is 12.0. The van der Waals surface area contributed by atoms with Crippen molar-refractivity contribution < 1.29 is 15.6 Å². The monoisotopic (exact) mass is 937 g/mol. The summed E-state index contributed by atoms with van der Waals surface area (Å²) in [4.78, 5) is 0. The molecular weight excluding hydrogens is 871 g/mol. The second-order valence-electron chi connectivity index (χ2n) is 22.3. The number of benzene rings is 4. The average molecular weight is 941 g/mol. The van der Waals surface area contributed by atoms with E-state index in [2.05, 4.69) is 163 Å². The fraction of sp³-hybridized carbons (Fsp3) is 0.462. The van der Waals surface area contributed by atoms with E-state index < -0.39 is 37.6 Å². The van der Waals surface area contributed by atoms with Crippen molar-refractivity contribution in [1.29, 1.82) is 0 Å². The third kappa shape index (κ3) is 7.67. The molecule has 2 atom stereocenters. The Morgan fingerprint density at radius 3 is 1.21 bits per heavy atom. The van der Waals surface area contributed by atoms with E-state index in [1.165, 1.54) is 106 Å². The van der Waals surface area contributed by atoms with Gasteiger partial charge in [-0.15, -0.1) is 0 Å². The molecule has 0 heterocycles. The standard InChI is InChI=1S/2C25H31Si.C2H7Si.2ClH.Zr/c2*1-25(14-5-6-15-25)18-19-16-21-8-7-9-23(24(21)17-19)20-10-12-22(13-11-20)26(2,3)4;1-3-2;;;/h2*7-13,16-17H,5-6,14-15,18H2,1-4H3;3H,1-2H3;2*1H;/q;;;;;+2/p-2. The molecule has 0 N–H and O–H groups in total. The maximum atomic E-state index is 9.15. The molecule has 58 heavy (non-hydrogen) atoms. The van der Waals surface area contributed by atoms with Crippen molar-refractivity contribution in [2.45, 2.75) is 138 Å². The Kier molecular flexibility index (Phi) is 11.4. The van der Waals surface area contributed by atoms with Crippen molar-refractivity contribution in [3.05, 3.63) is 118 Å². The predicted molar refractivity (Wildman–Crippen MR) is 264 cm³/mol. The molecule has 0 spiro atoms. The van der Waals surface area contributed by atoms with Gasteiger partial charge in [-0.05, 0) is 0 Å². The minimum atomic E-state index is -5.04. The summed E-state index contributed by atoms with van der Waals surface area (Å²) in [5.41, 5.74) is 14.7. The van der Waals surface area contributed by atoms with Gasteiger partial charge in [0, 0.05) is 0 Å². The van der Waals surface area contributed by atoms with Gasteiger partial charge >= 0.3 is 366 Å². The van der Waals surface area contributed by atoms with Crippen LogP contribution < -0.4 is 10.4 Å². The molecule has 4 aromatic carbocycles. The van der Waals surface area contributed by atoms with Gasteiger partial charge in [-0.2, -0.15) is 0 Å². The van der Waals surface area contributed by atoms with Gasteiger partial charge in [-0.3, -0.25) is 0 Å². The van der Waals surface area contributed by atoms with E-state index in [9.17, 15) is 0 Å². The Bertz CT molecular complexity index is 2100. The third-order valence-corrected chi connectivity index (χ3v) is 71.5. The van der Waals surface area contributed by atoms with Crippen LogP contribution >= 0.6 is 17.0 Å². The zero-order valence-electron chi connectivity index (χ0n) is 37.3. The molecule has 0 aromatic heterocycles. The van der Waals surface area contributed by atoms with E-state index in [1.807, 2.05) is 0 Å². The number of hydrogen-bond acceptors (Lipinski definition) is 0. The SMILES string of the molecule is C[SiH](C)[Zr]([Cl])([Cl])([CH]1C(CC2(C)CCCC2)=Cc2c(-c3ccc([Si](C)(C)C)cc3)cccc21)[CH]1C(CC2(C)CCCC2)=Cc2c(-c3ccc([Si](C)(C)C)cc3)cccc21. The second kappa shape index (κ2) is 15.4. The van der Waals surface area contributed by atoms with Crippen molar-refractivity contribution in [1.82, 2.24) is 0 Å². The molecule has 0 bridgehead atoms. The maximum absolute atomic E-state index is 9.15. The molecule has 8 rings (SSSR count). The van der Waals surface area contributed by atoms with Crippen LogP contribution in [0.3, 0.4) is 0 Å². The van der Waals surface area contributed by atoms with Gasteiger partial charge in [0.15, 0.2) is 0 Å². The number of allylic oxidation sites excluding steroid dienone is 2. The van der Waals surface area contributed by atoms with Crippen molar-refractivity contribution in [3.63, 3.8) is 0 Å². The second-order valence-corrected chi connectivity index (χ2v) is 75.0. The minimum absolute atomic E-state index is 0.112. The number of rotatable bonds is 11. The summed E-state index contributed by atoms with van der Waals surface area (Å²) in [6.45, 7) is 24.9. The van der Waals surface area contributed by atoms with E-state index >= 15 is 0 Å². The van der Waals surface area contributed by atoms with Crippen LogP contribution in [0.1, 0.15) is 108 Å². The molecule has 0 aliphatic heterocycles. The molecule has 0 radical (unpaired) electrons. The van der Waals surface area contributed by atoms with Crippen LogP contribution in [0.4, 0.5) is 0 Å². The number of fused-ring (bicyclic) bond motifs is 2. The molecule has 4 aliphatic rings. The van der Waals surface area contributed by atoms with Crippen LogP contribution in [-0.4, -0.2) is 22.1 Å². The summed E-state index contributed by atoms with van der Waals surface area (Å²) in [6.07, 6.45) is 18.0. The van der Waals surface area contributed by atoms with Gasteiger partial charge in [0.2, 0.25) is 0 Å². The molecule has 2 saturated carbocycles. The molecule has 4 aliphatic carbocycles. The normalized spacial score (nSPS) is 22.1. The molecule has 4 aromatic rings. The van der Waals surface area contributed by atoms with Gasteiger partial charge < -0.3 is 0 Å². The van der Waals surface area contributed by atoms with Crippen molar-refractivity contribution in [3.8, 4) is 22.3 Å². The molecule has 0 nitrogen and oxygen atoms in total. The van der Waals surface area contributed by atoms with Gasteiger partial charge in [-0.25, -0.2) is 0 Å². The van der Waals surface area contributed by atoms with E-state index in [1.54, 1.807) is 11.1 Å². The topological polar surface area (TPSA) is 0 Å². The summed E-state index contributed by atoms with van der Waals surface area (Å²) in [7, 11) is 15.5. The molecule has 0 saturated heterocycles. The van der Waals surface area contributed by atoms with E-state index in [-0.39, 0.29) is 7.25 Å². The Labute approximate surface area is 363 Å². The van der Waals surface area contributed by atoms with Gasteiger partial charge in [0.1, 0.15) is 0 Å². The van der Waals surface area contributed by atoms with E-state index in [0.29, 0.717) is 10.8 Å². The molecular formula is C52H69Cl2Si3Zr. The first kappa shape index (κ1) is 43.1. The third-order valence-electron chi connectivity index (χ3n) is 15.5. The van der Waals surface area contributed by atoms with Gasteiger partial charge in [-0.1, -0.05) is 0 Å². The van der Waals surface area contributed by atoms with Crippen LogP contribution in [-0.2, 0) is 15.6 Å². The summed E-state index contributed by atoms with van der Waals surface area (Å²) < 4.78 is 0.223. The van der Waals surface area contributed by atoms with Crippen LogP contribution in [0.15, 0.2) is 96.1 Å². The number of hydrogen-bond donors (Lipinski definition) is 0. The zero-order valence-corrected chi connectivity index (χ0v) is 44.4. The zero-order chi connectivity index (χ0) is 41.5. The summed E-state index contributed by atoms with van der Waals surface area (Å²) in [6, 6.07) is 33.5. The Morgan fingerprint density at radius 2 is 0.897 bits per heavy atom. The van der Waals surface area contributed by atoms with Crippen LogP contribution in [0, 0.1) is 10.8 Å². The summed E-state index contributed by atoms with van der Waals surface area (Å²) in [5, 5.41) is 3.02. The fourth-order valence-corrected chi connectivity index (χ4v) is 45.6. The van der Waals surface area contributed by atoms with Crippen LogP contribution in [0.25, 0.3) is 34.4 Å². The van der Waals surface area contributed by atoms with Crippen molar-refractivity contribution in [2.24, 2.45) is 10.8 Å². The molecule has 0 amide bonds. The average Bonchev–Trinajstić information content (AvgIpc) is 3.96. The summed E-state index contributed by atoms with van der Waals surface area (Å²) >= 11 is -5.04. The molecule has 2 fully saturated rings. The predicted octanol–water partition coefficient (Wildman–Crippen LogP) is 15.6. The first-order valence-corrected chi connectivity index (χ1v) is 46.0. The van der Waals surface area contributed by atoms with Gasteiger partial charge in [0.05, 0.1) is 0 Å².